The van der Waals surface area contributed by atoms with Gasteiger partial charge in [-0.15, -0.1) is 0 Å². The minimum Gasteiger partial charge on any atom is -0.392 e. The molecule has 1 amide bonds. The average molecular weight is 590 g/mol. The number of nitrogens with zero attached hydrogens (tertiary/aromatic N) is 5. The number of hydrogen-bond acceptors (Lipinski definition) is 8. The highest BCUT2D eigenvalue weighted by Gasteiger charge is 2.44. The van der Waals surface area contributed by atoms with Crippen molar-refractivity contribution in [3.63, 3.8) is 0 Å². The van der Waals surface area contributed by atoms with Crippen molar-refractivity contribution in [2.45, 2.75) is 25.2 Å². The van der Waals surface area contributed by atoms with Crippen LogP contribution in [0.2, 0.25) is 0 Å². The third kappa shape index (κ3) is 4.76. The zero-order chi connectivity index (χ0) is 29.9. The number of nitrogens with one attached hydrogen (secondary N) is 1. The van der Waals surface area contributed by atoms with Gasteiger partial charge in [0.2, 0.25) is 0 Å². The third-order valence-electron chi connectivity index (χ3n) is 7.89. The molecule has 1 fully saturated rings. The minimum absolute atomic E-state index is 0.0691. The Morgan fingerprint density at radius 1 is 1.07 bits per heavy atom. The molecule has 2 aliphatic rings. The lowest BCUT2D eigenvalue weighted by molar-refractivity contribution is -0.140. The number of amides is 1. The van der Waals surface area contributed by atoms with Gasteiger partial charge in [-0.3, -0.25) is 14.6 Å². The van der Waals surface area contributed by atoms with Crippen LogP contribution < -0.4 is 16.0 Å². The van der Waals surface area contributed by atoms with E-state index in [1.807, 2.05) is 30.3 Å². The Hall–Kier alpha value is -4.88. The van der Waals surface area contributed by atoms with Crippen molar-refractivity contribution in [1.29, 1.82) is 0 Å². The van der Waals surface area contributed by atoms with Gasteiger partial charge in [-0.1, -0.05) is 41.6 Å². The van der Waals surface area contributed by atoms with Gasteiger partial charge in [0.25, 0.3) is 5.91 Å². The van der Waals surface area contributed by atoms with Crippen LogP contribution in [0.3, 0.4) is 0 Å². The molecule has 2 aliphatic heterocycles. The van der Waals surface area contributed by atoms with Crippen molar-refractivity contribution in [3.05, 3.63) is 83.7 Å². The van der Waals surface area contributed by atoms with Crippen LogP contribution in [-0.2, 0) is 12.7 Å². The summed E-state index contributed by atoms with van der Waals surface area (Å²) in [6, 6.07) is 19.8. The Kier molecular flexibility index (Phi) is 6.36. The van der Waals surface area contributed by atoms with E-state index in [2.05, 4.69) is 26.5 Å². The molecular formula is C30H26F3N7O3. The molecule has 0 bridgehead atoms. The topological polar surface area (TPSA) is 126 Å². The first-order valence-electron chi connectivity index (χ1n) is 13.7. The second-order valence-corrected chi connectivity index (χ2v) is 10.7. The third-order valence-corrected chi connectivity index (χ3v) is 7.89. The number of β-amino-alcohol motifs (C(OH)–C–C–N with tert-alkyl or cyclic N) is 1. The maximum Gasteiger partial charge on any atom is 0.437 e. The highest BCUT2D eigenvalue weighted by atomic mass is 19.4. The number of halogens is 3. The Morgan fingerprint density at radius 3 is 2.58 bits per heavy atom. The van der Waals surface area contributed by atoms with E-state index in [0.29, 0.717) is 29.7 Å². The summed E-state index contributed by atoms with van der Waals surface area (Å²) >= 11 is 0. The van der Waals surface area contributed by atoms with Crippen molar-refractivity contribution in [2.75, 3.05) is 35.7 Å². The molecule has 5 aromatic rings. The normalized spacial score (nSPS) is 17.4. The standard InChI is InChI=1S/C30H26F3N7O3/c31-30(32,33)27-25-26(40(36-27)20-9-10-24-23(13-20)28(34)37-43-24)29(42)39(16-35-25)19-7-5-17(6-8-19)22-4-2-1-3-18(22)14-38-12-11-21(41)15-38/h1-10,13,21,35,41H,11-12,14-16H2,(H2,34,37)/t21-/m1/s1. The van der Waals surface area contributed by atoms with E-state index in [0.717, 1.165) is 34.3 Å². The summed E-state index contributed by atoms with van der Waals surface area (Å²) in [4.78, 5) is 17.4. The van der Waals surface area contributed by atoms with Gasteiger partial charge in [-0.25, -0.2) is 4.68 Å². The number of carbonyl (C=O) groups is 1. The predicted molar refractivity (Wildman–Crippen MR) is 154 cm³/mol. The summed E-state index contributed by atoms with van der Waals surface area (Å²) < 4.78 is 48.1. The number of aliphatic hydroxyl groups is 1. The van der Waals surface area contributed by atoms with Crippen LogP contribution in [0.15, 0.2) is 71.3 Å². The lowest BCUT2D eigenvalue weighted by atomic mass is 9.99. The highest BCUT2D eigenvalue weighted by molar-refractivity contribution is 6.11. The van der Waals surface area contributed by atoms with E-state index in [-0.39, 0.29) is 35.7 Å². The number of alkyl halides is 3. The molecule has 0 radical (unpaired) electrons. The second kappa shape index (κ2) is 10.1. The van der Waals surface area contributed by atoms with Crippen LogP contribution in [0.1, 0.15) is 28.2 Å². The van der Waals surface area contributed by atoms with Gasteiger partial charge in [0.1, 0.15) is 5.69 Å². The maximum absolute atomic E-state index is 14.0. The van der Waals surface area contributed by atoms with Crippen LogP contribution in [0.4, 0.5) is 30.4 Å². The minimum atomic E-state index is -4.80. The van der Waals surface area contributed by atoms with Crippen molar-refractivity contribution in [3.8, 4) is 16.8 Å². The summed E-state index contributed by atoms with van der Waals surface area (Å²) in [5.74, 6) is -0.574. The fraction of sp³-hybridized carbons (Fsp3) is 0.233. The Labute approximate surface area is 243 Å². The Balaban J connectivity index is 1.22. The molecule has 0 unspecified atom stereocenters. The molecule has 2 aromatic heterocycles. The van der Waals surface area contributed by atoms with Gasteiger partial charge < -0.3 is 20.7 Å². The summed E-state index contributed by atoms with van der Waals surface area (Å²) in [6.07, 6.45) is -4.36. The molecule has 0 aliphatic carbocycles. The monoisotopic (exact) mass is 589 g/mol. The van der Waals surface area contributed by atoms with E-state index in [1.165, 1.54) is 23.1 Å². The molecule has 10 nitrogen and oxygen atoms in total. The quantitative estimate of drug-likeness (QED) is 0.265. The largest absolute Gasteiger partial charge is 0.437 e. The number of anilines is 3. The molecule has 1 saturated heterocycles. The van der Waals surface area contributed by atoms with Crippen LogP contribution in [-0.4, -0.2) is 56.7 Å². The smallest absolute Gasteiger partial charge is 0.392 e. The van der Waals surface area contributed by atoms with Gasteiger partial charge >= 0.3 is 6.18 Å². The fourth-order valence-electron chi connectivity index (χ4n) is 5.77. The highest BCUT2D eigenvalue weighted by Crippen LogP contribution is 2.40. The van der Waals surface area contributed by atoms with E-state index >= 15 is 0 Å². The van der Waals surface area contributed by atoms with Crippen molar-refractivity contribution in [1.82, 2.24) is 19.8 Å². The number of likely N-dealkylation sites (tertiary alicyclic amines) is 1. The van der Waals surface area contributed by atoms with E-state index < -0.39 is 17.8 Å². The number of aromatic nitrogens is 3. The van der Waals surface area contributed by atoms with Gasteiger partial charge in [0, 0.05) is 25.3 Å². The summed E-state index contributed by atoms with van der Waals surface area (Å²) in [7, 11) is 0. The molecule has 43 heavy (non-hydrogen) atoms. The number of carbonyl (C=O) groups excluding carboxylic acids is 1. The average Bonchev–Trinajstić information content (AvgIpc) is 3.70. The predicted octanol–water partition coefficient (Wildman–Crippen LogP) is 4.88. The SMILES string of the molecule is Nc1noc2ccc(-n3nc(C(F)(F)F)c4c3C(=O)N(c3ccc(-c5ccccc5CN5CC[C@@H](O)C5)cc3)CN4)cc12. The van der Waals surface area contributed by atoms with Gasteiger partial charge in [-0.2, -0.15) is 18.3 Å². The molecule has 4 N–H and O–H groups in total. The van der Waals surface area contributed by atoms with Gasteiger partial charge in [-0.05, 0) is 53.4 Å². The van der Waals surface area contributed by atoms with Gasteiger partial charge in [0.15, 0.2) is 22.8 Å². The molecule has 13 heteroatoms. The lowest BCUT2D eigenvalue weighted by Crippen LogP contribution is -2.41. The molecule has 1 atom stereocenters. The summed E-state index contributed by atoms with van der Waals surface area (Å²) in [5.41, 5.74) is 8.15. The van der Waals surface area contributed by atoms with Gasteiger partial charge in [0.05, 0.1) is 23.8 Å². The number of nitrogens with two attached hydrogens (primary N) is 1. The number of rotatable bonds is 5. The number of benzene rings is 3. The molecule has 0 saturated carbocycles. The molecule has 7 rings (SSSR count). The second-order valence-electron chi connectivity index (χ2n) is 10.7. The zero-order valence-electron chi connectivity index (χ0n) is 22.7. The van der Waals surface area contributed by atoms with Crippen LogP contribution in [0, 0.1) is 0 Å². The van der Waals surface area contributed by atoms with Crippen molar-refractivity contribution < 1.29 is 27.6 Å². The zero-order valence-corrected chi connectivity index (χ0v) is 22.7. The van der Waals surface area contributed by atoms with E-state index in [1.54, 1.807) is 12.1 Å². The first-order chi connectivity index (χ1) is 20.7. The number of aliphatic hydroxyl groups excluding tert-OH is 1. The van der Waals surface area contributed by atoms with Crippen molar-refractivity contribution >= 4 is 34.1 Å². The fourth-order valence-corrected chi connectivity index (χ4v) is 5.77. The van der Waals surface area contributed by atoms with E-state index in [4.69, 9.17) is 10.3 Å². The molecule has 0 spiro atoms. The van der Waals surface area contributed by atoms with Crippen molar-refractivity contribution in [2.24, 2.45) is 0 Å². The molecule has 220 valence electrons. The van der Waals surface area contributed by atoms with E-state index in [9.17, 15) is 23.1 Å². The Morgan fingerprint density at radius 2 is 1.84 bits per heavy atom. The number of hydrogen-bond donors (Lipinski definition) is 3. The van der Waals surface area contributed by atoms with Crippen LogP contribution in [0.25, 0.3) is 27.8 Å². The van der Waals surface area contributed by atoms with Crippen LogP contribution in [0.5, 0.6) is 0 Å². The lowest BCUT2D eigenvalue weighted by Gasteiger charge is -2.29. The first-order valence-corrected chi connectivity index (χ1v) is 13.7. The Bertz CT molecular complexity index is 1850. The first kappa shape index (κ1) is 27.0. The van der Waals surface area contributed by atoms with Crippen LogP contribution >= 0.6 is 0 Å². The molecular weight excluding hydrogens is 563 g/mol. The molecule has 4 heterocycles. The number of nitrogen functional groups attached to an aromatic ring is 1. The summed E-state index contributed by atoms with van der Waals surface area (Å²) in [6.45, 7) is 1.98. The molecule has 3 aromatic carbocycles. The summed E-state index contributed by atoms with van der Waals surface area (Å²) in [5, 5.41) is 20.6. The maximum atomic E-state index is 14.0. The number of fused-ring (bicyclic) bond motifs is 2.